The molecular weight excluding hydrogens is 350 g/mol. The molecule has 0 aliphatic carbocycles. The van der Waals surface area contributed by atoms with Crippen LogP contribution in [0.2, 0.25) is 0 Å². The van der Waals surface area contributed by atoms with E-state index in [-0.39, 0.29) is 11.9 Å². The van der Waals surface area contributed by atoms with Crippen molar-refractivity contribution in [3.8, 4) is 5.75 Å². The van der Waals surface area contributed by atoms with Gasteiger partial charge in [-0.1, -0.05) is 25.0 Å². The number of ether oxygens (including phenoxy) is 1. The molecule has 2 atom stereocenters. The Balaban J connectivity index is 1.49. The Labute approximate surface area is 167 Å². The fourth-order valence-corrected chi connectivity index (χ4v) is 4.76. The number of methoxy groups -OCH3 is 1. The van der Waals surface area contributed by atoms with Gasteiger partial charge in [-0.25, -0.2) is 0 Å². The molecule has 0 saturated carbocycles. The maximum absolute atomic E-state index is 13.4. The molecule has 150 valence electrons. The number of nitrogens with one attached hydrogen (secondary N) is 1. The summed E-state index contributed by atoms with van der Waals surface area (Å²) in [6.07, 6.45) is 8.76. The van der Waals surface area contributed by atoms with Crippen LogP contribution in [0.4, 0.5) is 0 Å². The summed E-state index contributed by atoms with van der Waals surface area (Å²) in [6, 6.07) is 12.9. The van der Waals surface area contributed by atoms with Gasteiger partial charge in [0.25, 0.3) is 0 Å². The number of hydrogen-bond donors (Lipinski definition) is 1. The Morgan fingerprint density at radius 3 is 2.61 bits per heavy atom. The third kappa shape index (κ3) is 4.09. The second-order valence-electron chi connectivity index (χ2n) is 7.98. The smallest absolute Gasteiger partial charge is 0.237 e. The van der Waals surface area contributed by atoms with Crippen LogP contribution >= 0.6 is 0 Å². The molecule has 2 aromatic rings. The van der Waals surface area contributed by atoms with Gasteiger partial charge in [-0.3, -0.25) is 9.69 Å². The molecule has 0 unspecified atom stereocenters. The van der Waals surface area contributed by atoms with Crippen LogP contribution in [0.15, 0.2) is 42.6 Å². The average Bonchev–Trinajstić information content (AvgIpc) is 3.34. The molecule has 1 aromatic heterocycles. The van der Waals surface area contributed by atoms with Crippen LogP contribution in [0.5, 0.6) is 5.75 Å². The van der Waals surface area contributed by atoms with Crippen molar-refractivity contribution >= 4 is 5.91 Å². The van der Waals surface area contributed by atoms with E-state index in [1.165, 1.54) is 24.1 Å². The fourth-order valence-electron chi connectivity index (χ4n) is 4.76. The first-order valence-corrected chi connectivity index (χ1v) is 10.6. The van der Waals surface area contributed by atoms with Gasteiger partial charge in [0.15, 0.2) is 0 Å². The van der Waals surface area contributed by atoms with Gasteiger partial charge in [-0.2, -0.15) is 0 Å². The maximum atomic E-state index is 13.4. The monoisotopic (exact) mass is 381 g/mol. The van der Waals surface area contributed by atoms with E-state index in [1.807, 2.05) is 24.4 Å². The van der Waals surface area contributed by atoms with Crippen LogP contribution in [0.25, 0.3) is 0 Å². The summed E-state index contributed by atoms with van der Waals surface area (Å²) in [5.74, 6) is 1.13. The van der Waals surface area contributed by atoms with Gasteiger partial charge in [0, 0.05) is 18.4 Å². The van der Waals surface area contributed by atoms with Gasteiger partial charge in [0.2, 0.25) is 5.91 Å². The highest BCUT2D eigenvalue weighted by Gasteiger charge is 2.32. The summed E-state index contributed by atoms with van der Waals surface area (Å²) in [4.78, 5) is 21.2. The summed E-state index contributed by atoms with van der Waals surface area (Å²) in [5, 5.41) is 0. The largest absolute Gasteiger partial charge is 0.497 e. The van der Waals surface area contributed by atoms with Gasteiger partial charge >= 0.3 is 0 Å². The molecule has 2 saturated heterocycles. The van der Waals surface area contributed by atoms with E-state index in [0.29, 0.717) is 12.6 Å². The number of rotatable bonds is 5. The minimum absolute atomic E-state index is 0.174. The van der Waals surface area contributed by atoms with Crippen molar-refractivity contribution in [2.45, 2.75) is 50.6 Å². The van der Waals surface area contributed by atoms with Crippen LogP contribution < -0.4 is 4.74 Å². The number of aromatic amines is 1. The van der Waals surface area contributed by atoms with Gasteiger partial charge < -0.3 is 14.6 Å². The lowest BCUT2D eigenvalue weighted by Gasteiger charge is -2.33. The molecule has 1 amide bonds. The highest BCUT2D eigenvalue weighted by molar-refractivity contribution is 5.79. The Morgan fingerprint density at radius 1 is 1.04 bits per heavy atom. The minimum atomic E-state index is 0.174. The maximum Gasteiger partial charge on any atom is 0.237 e. The molecule has 0 spiro atoms. The van der Waals surface area contributed by atoms with Crippen LogP contribution in [0.3, 0.4) is 0 Å². The molecule has 5 nitrogen and oxygen atoms in total. The first-order chi connectivity index (χ1) is 13.8. The minimum Gasteiger partial charge on any atom is -0.497 e. The van der Waals surface area contributed by atoms with E-state index in [2.05, 4.69) is 33.0 Å². The third-order valence-corrected chi connectivity index (χ3v) is 6.26. The van der Waals surface area contributed by atoms with E-state index >= 15 is 0 Å². The zero-order chi connectivity index (χ0) is 19.3. The van der Waals surface area contributed by atoms with Gasteiger partial charge in [0.1, 0.15) is 5.75 Å². The summed E-state index contributed by atoms with van der Waals surface area (Å²) in [7, 11) is 1.69. The second kappa shape index (κ2) is 8.82. The van der Waals surface area contributed by atoms with Crippen LogP contribution in [0, 0.1) is 0 Å². The fraction of sp³-hybridized carbons (Fsp3) is 0.522. The highest BCUT2D eigenvalue weighted by Crippen LogP contribution is 2.34. The van der Waals surface area contributed by atoms with Crippen molar-refractivity contribution in [1.82, 2.24) is 14.8 Å². The van der Waals surface area contributed by atoms with Gasteiger partial charge in [0.05, 0.1) is 25.7 Å². The number of aromatic nitrogens is 1. The first-order valence-electron chi connectivity index (χ1n) is 10.6. The zero-order valence-corrected chi connectivity index (χ0v) is 16.8. The average molecular weight is 382 g/mol. The van der Waals surface area contributed by atoms with Crippen molar-refractivity contribution in [3.05, 3.63) is 53.9 Å². The van der Waals surface area contributed by atoms with E-state index in [0.717, 1.165) is 44.5 Å². The second-order valence-corrected chi connectivity index (χ2v) is 7.98. The molecule has 4 rings (SSSR count). The van der Waals surface area contributed by atoms with Crippen LogP contribution in [0.1, 0.15) is 61.9 Å². The third-order valence-electron chi connectivity index (χ3n) is 6.26. The van der Waals surface area contributed by atoms with E-state index in [1.54, 1.807) is 7.11 Å². The quantitative estimate of drug-likeness (QED) is 0.840. The Bertz CT molecular complexity index is 757. The standard InChI is InChI=1S/C23H31N3O2/c1-28-19-12-10-18(11-13-19)21-8-3-2-4-16-26(21)23(27)17-25-15-6-9-22(25)20-7-5-14-24-20/h5,7,10-14,21-22,24H,2-4,6,8-9,15-17H2,1H3/t21-,22+/m0/s1. The molecule has 0 radical (unpaired) electrons. The van der Waals surface area contributed by atoms with Crippen LogP contribution in [-0.2, 0) is 4.79 Å². The summed E-state index contributed by atoms with van der Waals surface area (Å²) in [6.45, 7) is 2.36. The molecular formula is C23H31N3O2. The number of H-pyrrole nitrogens is 1. The topological polar surface area (TPSA) is 48.6 Å². The Kier molecular flexibility index (Phi) is 6.01. The molecule has 3 heterocycles. The number of hydrogen-bond acceptors (Lipinski definition) is 3. The molecule has 2 aliphatic heterocycles. The van der Waals surface area contributed by atoms with Crippen molar-refractivity contribution in [1.29, 1.82) is 0 Å². The number of carbonyl (C=O) groups excluding carboxylic acids is 1. The highest BCUT2D eigenvalue weighted by atomic mass is 16.5. The first kappa shape index (κ1) is 19.1. The lowest BCUT2D eigenvalue weighted by Crippen LogP contribution is -2.42. The molecule has 28 heavy (non-hydrogen) atoms. The van der Waals surface area contributed by atoms with Gasteiger partial charge in [-0.15, -0.1) is 0 Å². The summed E-state index contributed by atoms with van der Waals surface area (Å²) < 4.78 is 5.30. The molecule has 0 bridgehead atoms. The zero-order valence-electron chi connectivity index (χ0n) is 16.8. The normalized spacial score (nSPS) is 23.5. The van der Waals surface area contributed by atoms with E-state index < -0.39 is 0 Å². The lowest BCUT2D eigenvalue weighted by molar-refractivity contribution is -0.135. The number of benzene rings is 1. The molecule has 5 heteroatoms. The number of carbonyl (C=O) groups is 1. The Morgan fingerprint density at radius 2 is 1.86 bits per heavy atom. The van der Waals surface area contributed by atoms with Crippen molar-refractivity contribution < 1.29 is 9.53 Å². The SMILES string of the molecule is COc1ccc([C@@H]2CCCCCN2C(=O)CN2CCC[C@@H]2c2ccc[nH]2)cc1. The van der Waals surface area contributed by atoms with Gasteiger partial charge in [-0.05, 0) is 62.1 Å². The Hall–Kier alpha value is -2.27. The molecule has 2 aliphatic rings. The predicted molar refractivity (Wildman–Crippen MR) is 110 cm³/mol. The molecule has 1 N–H and O–H groups in total. The lowest BCUT2D eigenvalue weighted by atomic mass is 10.0. The summed E-state index contributed by atoms with van der Waals surface area (Å²) in [5.41, 5.74) is 2.45. The number of nitrogens with zero attached hydrogens (tertiary/aromatic N) is 2. The predicted octanol–water partition coefficient (Wildman–Crippen LogP) is 4.30. The number of amides is 1. The van der Waals surface area contributed by atoms with Crippen molar-refractivity contribution in [2.75, 3.05) is 26.7 Å². The van der Waals surface area contributed by atoms with E-state index in [4.69, 9.17) is 4.74 Å². The summed E-state index contributed by atoms with van der Waals surface area (Å²) >= 11 is 0. The van der Waals surface area contributed by atoms with Crippen molar-refractivity contribution in [3.63, 3.8) is 0 Å². The molecule has 2 fully saturated rings. The van der Waals surface area contributed by atoms with Crippen LogP contribution in [-0.4, -0.2) is 47.4 Å². The number of likely N-dealkylation sites (tertiary alicyclic amines) is 2. The van der Waals surface area contributed by atoms with Crippen molar-refractivity contribution in [2.24, 2.45) is 0 Å². The molecule has 1 aromatic carbocycles. The van der Waals surface area contributed by atoms with E-state index in [9.17, 15) is 4.79 Å².